The standard InChI is InChI=1S/C19H20N4O5S2/c1-14-20-21-19(28-14)17-6-2-3-7-18(17)22-29(24,25)15-8-10-16(11-9-15)30(26,27)23-12-4-5-13-23/h2-3,6-11,22H,4-5,12-13H2,1H3. The summed E-state index contributed by atoms with van der Waals surface area (Å²) in [6.07, 6.45) is 1.66. The van der Waals surface area contributed by atoms with Gasteiger partial charge in [-0.25, -0.2) is 16.8 Å². The van der Waals surface area contributed by atoms with Crippen molar-refractivity contribution in [3.05, 3.63) is 54.4 Å². The van der Waals surface area contributed by atoms with Gasteiger partial charge in [0.1, 0.15) is 0 Å². The van der Waals surface area contributed by atoms with Gasteiger partial charge < -0.3 is 4.42 Å². The summed E-state index contributed by atoms with van der Waals surface area (Å²) in [4.78, 5) is 0.0180. The highest BCUT2D eigenvalue weighted by Crippen LogP contribution is 2.29. The van der Waals surface area contributed by atoms with Gasteiger partial charge in [-0.05, 0) is 49.2 Å². The zero-order chi connectivity index (χ0) is 21.4. The molecule has 1 aromatic heterocycles. The lowest BCUT2D eigenvalue weighted by Crippen LogP contribution is -2.27. The average Bonchev–Trinajstić information content (AvgIpc) is 3.41. The van der Waals surface area contributed by atoms with Gasteiger partial charge in [-0.1, -0.05) is 12.1 Å². The molecule has 0 unspecified atom stereocenters. The zero-order valence-corrected chi connectivity index (χ0v) is 17.8. The highest BCUT2D eigenvalue weighted by atomic mass is 32.2. The van der Waals surface area contributed by atoms with Gasteiger partial charge >= 0.3 is 0 Å². The summed E-state index contributed by atoms with van der Waals surface area (Å²) >= 11 is 0. The molecule has 1 saturated heterocycles. The SMILES string of the molecule is Cc1nnc(-c2ccccc2NS(=O)(=O)c2ccc(S(=O)(=O)N3CCCC3)cc2)o1. The molecule has 1 aliphatic heterocycles. The number of aryl methyl sites for hydroxylation is 1. The monoisotopic (exact) mass is 448 g/mol. The summed E-state index contributed by atoms with van der Waals surface area (Å²) in [6, 6.07) is 11.8. The van der Waals surface area contributed by atoms with Crippen molar-refractivity contribution in [3.8, 4) is 11.5 Å². The van der Waals surface area contributed by atoms with Crippen LogP contribution < -0.4 is 4.72 Å². The van der Waals surface area contributed by atoms with E-state index in [-0.39, 0.29) is 21.4 Å². The normalized spacial score (nSPS) is 15.4. The number of aromatic nitrogens is 2. The number of para-hydroxylation sites is 1. The molecule has 1 N–H and O–H groups in total. The molecule has 11 heteroatoms. The third-order valence-electron chi connectivity index (χ3n) is 4.76. The predicted octanol–water partition coefficient (Wildman–Crippen LogP) is 2.63. The topological polar surface area (TPSA) is 122 Å². The molecule has 30 heavy (non-hydrogen) atoms. The maximum Gasteiger partial charge on any atom is 0.261 e. The first kappa shape index (κ1) is 20.5. The van der Waals surface area contributed by atoms with Crippen LogP contribution in [0.4, 0.5) is 5.69 Å². The molecule has 0 atom stereocenters. The van der Waals surface area contributed by atoms with Crippen molar-refractivity contribution in [1.82, 2.24) is 14.5 Å². The van der Waals surface area contributed by atoms with Gasteiger partial charge in [0.2, 0.25) is 21.8 Å². The van der Waals surface area contributed by atoms with E-state index in [1.165, 1.54) is 28.6 Å². The third-order valence-corrected chi connectivity index (χ3v) is 8.06. The Morgan fingerprint density at radius 3 is 2.17 bits per heavy atom. The number of benzene rings is 2. The van der Waals surface area contributed by atoms with Gasteiger partial charge in [0.25, 0.3) is 10.0 Å². The van der Waals surface area contributed by atoms with Crippen molar-refractivity contribution in [2.45, 2.75) is 29.6 Å². The Morgan fingerprint density at radius 1 is 0.900 bits per heavy atom. The molecule has 3 aromatic rings. The van der Waals surface area contributed by atoms with Crippen molar-refractivity contribution >= 4 is 25.7 Å². The number of nitrogens with one attached hydrogen (secondary N) is 1. The Morgan fingerprint density at radius 2 is 1.53 bits per heavy atom. The van der Waals surface area contributed by atoms with Crippen LogP contribution in [0.3, 0.4) is 0 Å². The predicted molar refractivity (Wildman–Crippen MR) is 110 cm³/mol. The van der Waals surface area contributed by atoms with E-state index in [0.717, 1.165) is 12.8 Å². The summed E-state index contributed by atoms with van der Waals surface area (Å²) in [5, 5.41) is 7.70. The van der Waals surface area contributed by atoms with Crippen LogP contribution in [-0.4, -0.2) is 44.4 Å². The Labute approximate surface area is 174 Å². The smallest absolute Gasteiger partial charge is 0.261 e. The van der Waals surface area contributed by atoms with E-state index < -0.39 is 20.0 Å². The van der Waals surface area contributed by atoms with Crippen LogP contribution in [0.1, 0.15) is 18.7 Å². The summed E-state index contributed by atoms with van der Waals surface area (Å²) in [5.41, 5.74) is 0.713. The van der Waals surface area contributed by atoms with Crippen LogP contribution in [0.25, 0.3) is 11.5 Å². The highest BCUT2D eigenvalue weighted by molar-refractivity contribution is 7.92. The molecular weight excluding hydrogens is 428 g/mol. The minimum Gasteiger partial charge on any atom is -0.421 e. The summed E-state index contributed by atoms with van der Waals surface area (Å²) in [6.45, 7) is 2.60. The lowest BCUT2D eigenvalue weighted by molar-refractivity contribution is 0.477. The fourth-order valence-electron chi connectivity index (χ4n) is 3.24. The van der Waals surface area contributed by atoms with E-state index in [2.05, 4.69) is 14.9 Å². The van der Waals surface area contributed by atoms with Crippen LogP contribution in [0.5, 0.6) is 0 Å². The molecule has 0 radical (unpaired) electrons. The molecule has 0 aliphatic carbocycles. The van der Waals surface area contributed by atoms with E-state index in [9.17, 15) is 16.8 Å². The van der Waals surface area contributed by atoms with Crippen LogP contribution in [-0.2, 0) is 20.0 Å². The van der Waals surface area contributed by atoms with E-state index >= 15 is 0 Å². The zero-order valence-electron chi connectivity index (χ0n) is 16.1. The molecule has 0 spiro atoms. The minimum absolute atomic E-state index is 0.0561. The first-order valence-electron chi connectivity index (χ1n) is 9.30. The lowest BCUT2D eigenvalue weighted by atomic mass is 10.2. The Bertz CT molecular complexity index is 1260. The largest absolute Gasteiger partial charge is 0.421 e. The summed E-state index contributed by atoms with van der Waals surface area (Å²) in [5.74, 6) is 0.551. The van der Waals surface area contributed by atoms with Gasteiger partial charge in [0.05, 0.1) is 21.0 Å². The number of nitrogens with zero attached hydrogens (tertiary/aromatic N) is 3. The first-order chi connectivity index (χ1) is 14.3. The van der Waals surface area contributed by atoms with Crippen LogP contribution in [0.2, 0.25) is 0 Å². The number of hydrogen-bond donors (Lipinski definition) is 1. The van der Waals surface area contributed by atoms with Gasteiger partial charge in [-0.2, -0.15) is 4.31 Å². The lowest BCUT2D eigenvalue weighted by Gasteiger charge is -2.16. The Hall–Kier alpha value is -2.76. The Balaban J connectivity index is 1.61. The first-order valence-corrected chi connectivity index (χ1v) is 12.2. The van der Waals surface area contributed by atoms with Gasteiger partial charge in [0.15, 0.2) is 0 Å². The number of rotatable bonds is 6. The van der Waals surface area contributed by atoms with Crippen molar-refractivity contribution in [2.24, 2.45) is 0 Å². The number of anilines is 1. The van der Waals surface area contributed by atoms with Crippen molar-refractivity contribution in [1.29, 1.82) is 0 Å². The van der Waals surface area contributed by atoms with E-state index in [4.69, 9.17) is 4.42 Å². The molecule has 0 saturated carbocycles. The summed E-state index contributed by atoms with van der Waals surface area (Å²) < 4.78 is 60.3. The molecular formula is C19H20N4O5S2. The maximum atomic E-state index is 12.9. The van der Waals surface area contributed by atoms with Crippen molar-refractivity contribution in [3.63, 3.8) is 0 Å². The van der Waals surface area contributed by atoms with Gasteiger partial charge in [-0.15, -0.1) is 10.2 Å². The molecule has 4 rings (SSSR count). The molecule has 2 heterocycles. The van der Waals surface area contributed by atoms with Crippen molar-refractivity contribution in [2.75, 3.05) is 17.8 Å². The fourth-order valence-corrected chi connectivity index (χ4v) is 5.83. The maximum absolute atomic E-state index is 12.9. The van der Waals surface area contributed by atoms with Crippen LogP contribution in [0, 0.1) is 6.92 Å². The fraction of sp³-hybridized carbons (Fsp3) is 0.263. The minimum atomic E-state index is -3.97. The molecule has 1 aliphatic rings. The Kier molecular flexibility index (Phi) is 5.35. The average molecular weight is 449 g/mol. The molecule has 0 amide bonds. The second-order valence-electron chi connectivity index (χ2n) is 6.86. The van der Waals surface area contributed by atoms with E-state index in [0.29, 0.717) is 24.5 Å². The van der Waals surface area contributed by atoms with E-state index in [1.807, 2.05) is 0 Å². The number of hydrogen-bond acceptors (Lipinski definition) is 7. The van der Waals surface area contributed by atoms with Gasteiger partial charge in [0, 0.05) is 20.0 Å². The van der Waals surface area contributed by atoms with Crippen molar-refractivity contribution < 1.29 is 21.3 Å². The quantitative estimate of drug-likeness (QED) is 0.615. The molecule has 9 nitrogen and oxygen atoms in total. The molecule has 1 fully saturated rings. The number of sulfonamides is 2. The highest BCUT2D eigenvalue weighted by Gasteiger charge is 2.27. The third kappa shape index (κ3) is 3.95. The van der Waals surface area contributed by atoms with E-state index in [1.54, 1.807) is 31.2 Å². The molecule has 0 bridgehead atoms. The summed E-state index contributed by atoms with van der Waals surface area (Å²) in [7, 11) is -7.58. The molecule has 2 aromatic carbocycles. The molecule has 158 valence electrons. The second-order valence-corrected chi connectivity index (χ2v) is 10.5. The van der Waals surface area contributed by atoms with Gasteiger partial charge in [-0.3, -0.25) is 4.72 Å². The second kappa shape index (κ2) is 7.82. The van der Waals surface area contributed by atoms with Crippen LogP contribution in [0.15, 0.2) is 62.7 Å². The van der Waals surface area contributed by atoms with Crippen LogP contribution >= 0.6 is 0 Å².